The Bertz CT molecular complexity index is 548. The van der Waals surface area contributed by atoms with Gasteiger partial charge in [-0.25, -0.2) is 0 Å². The number of halogens is 1. The van der Waals surface area contributed by atoms with E-state index in [4.69, 9.17) is 16.3 Å². The standard InChI is InChI=1S/C18H22ClNO/c1-13(2)12-21-18-10-4-15(5-11-18)14(3)20-17-8-6-16(19)7-9-17/h4-11,13-14,20H,12H2,1-3H3. The normalized spacial score (nSPS) is 12.2. The summed E-state index contributed by atoms with van der Waals surface area (Å²) in [6.07, 6.45) is 0. The maximum absolute atomic E-state index is 5.89. The first-order valence-electron chi connectivity index (χ1n) is 7.29. The molecule has 0 amide bonds. The van der Waals surface area contributed by atoms with Crippen LogP contribution < -0.4 is 10.1 Å². The lowest BCUT2D eigenvalue weighted by atomic mass is 10.1. The predicted octanol–water partition coefficient (Wildman–Crippen LogP) is 5.55. The van der Waals surface area contributed by atoms with Gasteiger partial charge in [0.1, 0.15) is 5.75 Å². The zero-order valence-corrected chi connectivity index (χ0v) is 13.5. The van der Waals surface area contributed by atoms with Gasteiger partial charge in [-0.3, -0.25) is 0 Å². The van der Waals surface area contributed by atoms with Crippen LogP contribution in [0.4, 0.5) is 5.69 Å². The van der Waals surface area contributed by atoms with Crippen molar-refractivity contribution >= 4 is 17.3 Å². The minimum absolute atomic E-state index is 0.227. The van der Waals surface area contributed by atoms with Gasteiger partial charge in [0.15, 0.2) is 0 Å². The summed E-state index contributed by atoms with van der Waals surface area (Å²) in [6, 6.07) is 16.2. The molecule has 0 saturated heterocycles. The molecule has 0 saturated carbocycles. The highest BCUT2D eigenvalue weighted by Crippen LogP contribution is 2.23. The van der Waals surface area contributed by atoms with Gasteiger partial charge in [0.2, 0.25) is 0 Å². The van der Waals surface area contributed by atoms with Crippen LogP contribution in [0.2, 0.25) is 5.02 Å². The van der Waals surface area contributed by atoms with Crippen molar-refractivity contribution in [2.75, 3.05) is 11.9 Å². The summed E-state index contributed by atoms with van der Waals surface area (Å²) < 4.78 is 5.70. The Morgan fingerprint density at radius 1 is 0.952 bits per heavy atom. The van der Waals surface area contributed by atoms with Gasteiger partial charge in [-0.1, -0.05) is 37.6 Å². The third-order valence-electron chi connectivity index (χ3n) is 3.19. The fourth-order valence-electron chi connectivity index (χ4n) is 2.00. The first-order valence-corrected chi connectivity index (χ1v) is 7.67. The van der Waals surface area contributed by atoms with E-state index < -0.39 is 0 Å². The molecule has 0 spiro atoms. The van der Waals surface area contributed by atoms with E-state index in [0.29, 0.717) is 5.92 Å². The number of nitrogens with one attached hydrogen (secondary N) is 1. The van der Waals surface area contributed by atoms with E-state index in [1.54, 1.807) is 0 Å². The molecule has 0 aromatic heterocycles. The van der Waals surface area contributed by atoms with Crippen molar-refractivity contribution < 1.29 is 4.74 Å². The zero-order chi connectivity index (χ0) is 15.2. The minimum Gasteiger partial charge on any atom is -0.493 e. The van der Waals surface area contributed by atoms with E-state index in [9.17, 15) is 0 Å². The molecule has 0 aliphatic heterocycles. The lowest BCUT2D eigenvalue weighted by molar-refractivity contribution is 0.271. The molecule has 21 heavy (non-hydrogen) atoms. The Kier molecular flexibility index (Phi) is 5.51. The van der Waals surface area contributed by atoms with Crippen LogP contribution >= 0.6 is 11.6 Å². The lowest BCUT2D eigenvalue weighted by Crippen LogP contribution is -2.07. The molecular weight excluding hydrogens is 282 g/mol. The second kappa shape index (κ2) is 7.37. The molecule has 0 radical (unpaired) electrons. The van der Waals surface area contributed by atoms with Crippen molar-refractivity contribution in [1.29, 1.82) is 0 Å². The first-order chi connectivity index (χ1) is 10.0. The highest BCUT2D eigenvalue weighted by molar-refractivity contribution is 6.30. The number of hydrogen-bond acceptors (Lipinski definition) is 2. The Hall–Kier alpha value is -1.67. The van der Waals surface area contributed by atoms with Crippen LogP contribution in [0.15, 0.2) is 48.5 Å². The molecule has 0 aliphatic carbocycles. The summed E-state index contributed by atoms with van der Waals surface area (Å²) in [5, 5.41) is 4.21. The van der Waals surface area contributed by atoms with Crippen LogP contribution in [-0.4, -0.2) is 6.61 Å². The van der Waals surface area contributed by atoms with Crippen molar-refractivity contribution in [2.24, 2.45) is 5.92 Å². The van der Waals surface area contributed by atoms with Crippen molar-refractivity contribution in [3.8, 4) is 5.75 Å². The molecule has 1 atom stereocenters. The summed E-state index contributed by atoms with van der Waals surface area (Å²) in [5.41, 5.74) is 2.29. The van der Waals surface area contributed by atoms with Crippen LogP contribution in [0.5, 0.6) is 5.75 Å². The molecule has 112 valence electrons. The molecule has 1 unspecified atom stereocenters. The van der Waals surface area contributed by atoms with Crippen molar-refractivity contribution in [3.63, 3.8) is 0 Å². The Balaban J connectivity index is 1.96. The number of hydrogen-bond donors (Lipinski definition) is 1. The molecule has 2 aromatic carbocycles. The summed E-state index contributed by atoms with van der Waals surface area (Å²) in [7, 11) is 0. The maximum atomic E-state index is 5.89. The molecule has 0 aliphatic rings. The third kappa shape index (κ3) is 4.98. The van der Waals surface area contributed by atoms with E-state index in [1.165, 1.54) is 5.56 Å². The van der Waals surface area contributed by atoms with Gasteiger partial charge >= 0.3 is 0 Å². The van der Waals surface area contributed by atoms with Gasteiger partial charge < -0.3 is 10.1 Å². The monoisotopic (exact) mass is 303 g/mol. The van der Waals surface area contributed by atoms with Gasteiger partial charge in [0, 0.05) is 16.8 Å². The van der Waals surface area contributed by atoms with E-state index >= 15 is 0 Å². The molecule has 3 heteroatoms. The molecule has 2 rings (SSSR count). The molecular formula is C18H22ClNO. The summed E-state index contributed by atoms with van der Waals surface area (Å²) in [5.74, 6) is 1.46. The van der Waals surface area contributed by atoms with Gasteiger partial charge in [-0.05, 0) is 54.8 Å². The molecule has 0 bridgehead atoms. The van der Waals surface area contributed by atoms with E-state index in [1.807, 2.05) is 36.4 Å². The van der Waals surface area contributed by atoms with Crippen molar-refractivity contribution in [3.05, 3.63) is 59.1 Å². The van der Waals surface area contributed by atoms with Crippen molar-refractivity contribution in [2.45, 2.75) is 26.8 Å². The van der Waals surface area contributed by atoms with Gasteiger partial charge in [-0.15, -0.1) is 0 Å². The SMILES string of the molecule is CC(C)COc1ccc(C(C)Nc2ccc(Cl)cc2)cc1. The second-order valence-corrected chi connectivity index (χ2v) is 6.08. The van der Waals surface area contributed by atoms with Crippen molar-refractivity contribution in [1.82, 2.24) is 0 Å². The molecule has 0 heterocycles. The summed E-state index contributed by atoms with van der Waals surface area (Å²) in [6.45, 7) is 7.18. The van der Waals surface area contributed by atoms with Crippen LogP contribution in [0.3, 0.4) is 0 Å². The fourth-order valence-corrected chi connectivity index (χ4v) is 2.12. The Labute approximate surface area is 132 Å². The van der Waals surface area contributed by atoms with Crippen LogP contribution in [0, 0.1) is 5.92 Å². The lowest BCUT2D eigenvalue weighted by Gasteiger charge is -2.16. The smallest absolute Gasteiger partial charge is 0.119 e. The average Bonchev–Trinajstić information content (AvgIpc) is 2.48. The van der Waals surface area contributed by atoms with Gasteiger partial charge in [0.25, 0.3) is 0 Å². The van der Waals surface area contributed by atoms with Crippen LogP contribution in [0.1, 0.15) is 32.4 Å². The number of benzene rings is 2. The molecule has 2 nitrogen and oxygen atoms in total. The maximum Gasteiger partial charge on any atom is 0.119 e. The Morgan fingerprint density at radius 3 is 2.14 bits per heavy atom. The van der Waals surface area contributed by atoms with Gasteiger partial charge in [-0.2, -0.15) is 0 Å². The quantitative estimate of drug-likeness (QED) is 0.755. The molecule has 1 N–H and O–H groups in total. The summed E-state index contributed by atoms with van der Waals surface area (Å²) >= 11 is 5.89. The molecule has 2 aromatic rings. The van der Waals surface area contributed by atoms with E-state index in [0.717, 1.165) is 23.1 Å². The molecule has 0 fully saturated rings. The predicted molar refractivity (Wildman–Crippen MR) is 90.3 cm³/mol. The number of ether oxygens (including phenoxy) is 1. The Morgan fingerprint density at radius 2 is 1.57 bits per heavy atom. The topological polar surface area (TPSA) is 21.3 Å². The van der Waals surface area contributed by atoms with E-state index in [-0.39, 0.29) is 6.04 Å². The fraction of sp³-hybridized carbons (Fsp3) is 0.333. The average molecular weight is 304 g/mol. The van der Waals surface area contributed by atoms with Crippen LogP contribution in [-0.2, 0) is 0 Å². The minimum atomic E-state index is 0.227. The largest absolute Gasteiger partial charge is 0.493 e. The third-order valence-corrected chi connectivity index (χ3v) is 3.44. The van der Waals surface area contributed by atoms with Gasteiger partial charge in [0.05, 0.1) is 6.61 Å². The highest BCUT2D eigenvalue weighted by Gasteiger charge is 2.06. The number of rotatable bonds is 6. The second-order valence-electron chi connectivity index (χ2n) is 5.65. The zero-order valence-electron chi connectivity index (χ0n) is 12.8. The first kappa shape index (κ1) is 15.7. The van der Waals surface area contributed by atoms with E-state index in [2.05, 4.69) is 38.2 Å². The highest BCUT2D eigenvalue weighted by atomic mass is 35.5. The van der Waals surface area contributed by atoms with Crippen LogP contribution in [0.25, 0.3) is 0 Å². The summed E-state index contributed by atoms with van der Waals surface area (Å²) in [4.78, 5) is 0. The number of anilines is 1.